The van der Waals surface area contributed by atoms with Gasteiger partial charge in [-0.1, -0.05) is 72.4 Å². The third-order valence-corrected chi connectivity index (χ3v) is 5.67. The molecule has 0 fully saturated rings. The van der Waals surface area contributed by atoms with Crippen LogP contribution < -0.4 is 0 Å². The SMILES string of the molecule is Fc1ccc(/C=C/c2nc(SCc3nc4ccccc4c4ccccc34)n[nH]2)cc1. The molecule has 5 aromatic rings. The highest BCUT2D eigenvalue weighted by molar-refractivity contribution is 7.98. The second-order valence-electron chi connectivity index (χ2n) is 6.80. The number of hydrogen-bond acceptors (Lipinski definition) is 4. The molecule has 0 radical (unpaired) electrons. The molecule has 4 nitrogen and oxygen atoms in total. The summed E-state index contributed by atoms with van der Waals surface area (Å²) < 4.78 is 13.0. The lowest BCUT2D eigenvalue weighted by Crippen LogP contribution is -1.92. The number of aromatic amines is 1. The average molecular weight is 412 g/mol. The third kappa shape index (κ3) is 3.82. The molecule has 3 aromatic carbocycles. The van der Waals surface area contributed by atoms with E-state index in [4.69, 9.17) is 4.98 Å². The van der Waals surface area contributed by atoms with Crippen LogP contribution in [0, 0.1) is 5.82 Å². The Kier molecular flexibility index (Phi) is 4.99. The van der Waals surface area contributed by atoms with Crippen LogP contribution in [0.1, 0.15) is 17.1 Å². The van der Waals surface area contributed by atoms with E-state index in [0.29, 0.717) is 16.7 Å². The molecule has 0 spiro atoms. The summed E-state index contributed by atoms with van der Waals surface area (Å²) >= 11 is 1.54. The summed E-state index contributed by atoms with van der Waals surface area (Å²) in [6.45, 7) is 0. The molecule has 2 aromatic heterocycles. The molecule has 0 amide bonds. The zero-order valence-electron chi connectivity index (χ0n) is 15.9. The molecule has 6 heteroatoms. The maximum Gasteiger partial charge on any atom is 0.209 e. The molecule has 0 aliphatic rings. The molecule has 0 aliphatic heterocycles. The van der Waals surface area contributed by atoms with Crippen LogP contribution in [0.25, 0.3) is 33.8 Å². The third-order valence-electron chi connectivity index (χ3n) is 4.81. The molecule has 0 unspecified atom stereocenters. The predicted molar refractivity (Wildman–Crippen MR) is 121 cm³/mol. The molecule has 2 heterocycles. The highest BCUT2D eigenvalue weighted by Gasteiger charge is 2.10. The average Bonchev–Trinajstić information content (AvgIpc) is 3.25. The Hall–Kier alpha value is -3.51. The topological polar surface area (TPSA) is 54.5 Å². The number of aromatic nitrogens is 4. The molecule has 0 atom stereocenters. The lowest BCUT2D eigenvalue weighted by Gasteiger charge is -2.08. The van der Waals surface area contributed by atoms with Crippen LogP contribution in [0.2, 0.25) is 0 Å². The number of benzene rings is 3. The first-order valence-corrected chi connectivity index (χ1v) is 10.5. The highest BCUT2D eigenvalue weighted by Crippen LogP contribution is 2.29. The van der Waals surface area contributed by atoms with Crippen LogP contribution in [-0.4, -0.2) is 20.2 Å². The van der Waals surface area contributed by atoms with Gasteiger partial charge in [-0.15, -0.1) is 5.10 Å². The smallest absolute Gasteiger partial charge is 0.209 e. The van der Waals surface area contributed by atoms with Gasteiger partial charge in [0.2, 0.25) is 5.16 Å². The van der Waals surface area contributed by atoms with E-state index in [1.54, 1.807) is 23.9 Å². The van der Waals surface area contributed by atoms with Crippen molar-refractivity contribution in [3.05, 3.63) is 95.7 Å². The quantitative estimate of drug-likeness (QED) is 0.280. The van der Waals surface area contributed by atoms with Gasteiger partial charge in [0.25, 0.3) is 0 Å². The number of fused-ring (bicyclic) bond motifs is 3. The summed E-state index contributed by atoms with van der Waals surface area (Å²) in [5.41, 5.74) is 2.90. The fourth-order valence-electron chi connectivity index (χ4n) is 3.36. The Bertz CT molecular complexity index is 1360. The Morgan fingerprint density at radius 3 is 2.37 bits per heavy atom. The summed E-state index contributed by atoms with van der Waals surface area (Å²) in [5, 5.41) is 11.4. The van der Waals surface area contributed by atoms with Crippen LogP contribution >= 0.6 is 11.8 Å². The standard InChI is InChI=1S/C24H17FN4S/c25-17-12-9-16(10-13-17)11-14-23-27-24(29-28-23)30-15-22-20-7-2-1-5-18(20)19-6-3-4-8-21(19)26-22/h1-14H,15H2,(H,27,28,29)/b14-11+. The Balaban J connectivity index is 1.36. The molecule has 0 aliphatic carbocycles. The maximum atomic E-state index is 13.0. The number of rotatable bonds is 5. The normalized spacial score (nSPS) is 11.6. The fraction of sp³-hybridized carbons (Fsp3) is 0.0417. The van der Waals surface area contributed by atoms with Crippen LogP contribution in [0.3, 0.4) is 0 Å². The van der Waals surface area contributed by atoms with Crippen molar-refractivity contribution >= 4 is 45.6 Å². The fourth-order valence-corrected chi connectivity index (χ4v) is 4.12. The van der Waals surface area contributed by atoms with Gasteiger partial charge in [0.1, 0.15) is 11.6 Å². The van der Waals surface area contributed by atoms with E-state index < -0.39 is 0 Å². The largest absolute Gasteiger partial charge is 0.259 e. The van der Waals surface area contributed by atoms with Gasteiger partial charge in [-0.25, -0.2) is 9.37 Å². The van der Waals surface area contributed by atoms with E-state index in [1.807, 2.05) is 36.4 Å². The van der Waals surface area contributed by atoms with E-state index >= 15 is 0 Å². The van der Waals surface area contributed by atoms with Crippen LogP contribution in [-0.2, 0) is 5.75 Å². The van der Waals surface area contributed by atoms with E-state index in [0.717, 1.165) is 27.5 Å². The van der Waals surface area contributed by atoms with Crippen LogP contribution in [0.4, 0.5) is 4.39 Å². The minimum absolute atomic E-state index is 0.250. The maximum absolute atomic E-state index is 13.0. The summed E-state index contributed by atoms with van der Waals surface area (Å²) in [6.07, 6.45) is 3.70. The molecular formula is C24H17FN4S. The van der Waals surface area contributed by atoms with Gasteiger partial charge in [0, 0.05) is 16.5 Å². The van der Waals surface area contributed by atoms with Crippen molar-refractivity contribution < 1.29 is 4.39 Å². The predicted octanol–water partition coefficient (Wildman–Crippen LogP) is 6.11. The summed E-state index contributed by atoms with van der Waals surface area (Å²) in [7, 11) is 0. The Labute approximate surface area is 176 Å². The van der Waals surface area contributed by atoms with Crippen molar-refractivity contribution in [2.75, 3.05) is 0 Å². The molecule has 0 saturated carbocycles. The van der Waals surface area contributed by atoms with Crippen molar-refractivity contribution in [2.45, 2.75) is 10.9 Å². The lowest BCUT2D eigenvalue weighted by molar-refractivity contribution is 0.628. The number of hydrogen-bond donors (Lipinski definition) is 1. The minimum Gasteiger partial charge on any atom is -0.259 e. The highest BCUT2D eigenvalue weighted by atomic mass is 32.2. The van der Waals surface area contributed by atoms with Gasteiger partial charge in [0.05, 0.1) is 11.2 Å². The van der Waals surface area contributed by atoms with Gasteiger partial charge in [-0.2, -0.15) is 0 Å². The summed E-state index contributed by atoms with van der Waals surface area (Å²) in [6, 6.07) is 22.8. The van der Waals surface area contributed by atoms with E-state index in [-0.39, 0.29) is 5.82 Å². The van der Waals surface area contributed by atoms with Gasteiger partial charge in [-0.3, -0.25) is 10.1 Å². The number of nitrogens with zero attached hydrogens (tertiary/aromatic N) is 3. The molecule has 5 rings (SSSR count). The van der Waals surface area contributed by atoms with Crippen LogP contribution in [0.15, 0.2) is 78.0 Å². The van der Waals surface area contributed by atoms with E-state index in [2.05, 4.69) is 39.4 Å². The number of nitrogens with one attached hydrogen (secondary N) is 1. The number of para-hydroxylation sites is 1. The molecule has 146 valence electrons. The first kappa shape index (κ1) is 18.5. The van der Waals surface area contributed by atoms with Crippen LogP contribution in [0.5, 0.6) is 0 Å². The van der Waals surface area contributed by atoms with Gasteiger partial charge < -0.3 is 0 Å². The van der Waals surface area contributed by atoms with Gasteiger partial charge in [0.15, 0.2) is 0 Å². The monoisotopic (exact) mass is 412 g/mol. The lowest BCUT2D eigenvalue weighted by atomic mass is 10.0. The van der Waals surface area contributed by atoms with Crippen molar-refractivity contribution in [2.24, 2.45) is 0 Å². The number of halogens is 1. The number of pyridine rings is 1. The Morgan fingerprint density at radius 2 is 1.53 bits per heavy atom. The van der Waals surface area contributed by atoms with Crippen molar-refractivity contribution in [1.29, 1.82) is 0 Å². The molecule has 0 bridgehead atoms. The summed E-state index contributed by atoms with van der Waals surface area (Å²) in [5.74, 6) is 1.07. The summed E-state index contributed by atoms with van der Waals surface area (Å²) in [4.78, 5) is 9.39. The van der Waals surface area contributed by atoms with Crippen molar-refractivity contribution in [1.82, 2.24) is 20.2 Å². The minimum atomic E-state index is -0.250. The zero-order chi connectivity index (χ0) is 20.3. The molecular weight excluding hydrogens is 395 g/mol. The number of H-pyrrole nitrogens is 1. The first-order chi connectivity index (χ1) is 14.8. The van der Waals surface area contributed by atoms with Gasteiger partial charge in [-0.05, 0) is 35.2 Å². The Morgan fingerprint density at radius 1 is 0.800 bits per heavy atom. The van der Waals surface area contributed by atoms with Crippen molar-refractivity contribution in [3.8, 4) is 0 Å². The molecule has 1 N–H and O–H groups in total. The number of thioether (sulfide) groups is 1. The zero-order valence-corrected chi connectivity index (χ0v) is 16.7. The first-order valence-electron chi connectivity index (χ1n) is 9.51. The molecule has 0 saturated heterocycles. The second kappa shape index (κ2) is 8.08. The second-order valence-corrected chi connectivity index (χ2v) is 7.74. The van der Waals surface area contributed by atoms with Gasteiger partial charge >= 0.3 is 0 Å². The van der Waals surface area contributed by atoms with E-state index in [9.17, 15) is 4.39 Å². The van der Waals surface area contributed by atoms with E-state index in [1.165, 1.54) is 17.5 Å². The van der Waals surface area contributed by atoms with Crippen molar-refractivity contribution in [3.63, 3.8) is 0 Å². The molecule has 30 heavy (non-hydrogen) atoms.